The van der Waals surface area contributed by atoms with Crippen molar-refractivity contribution >= 4 is 18.1 Å². The monoisotopic (exact) mass is 260 g/mol. The Morgan fingerprint density at radius 1 is 1.53 bits per heavy atom. The summed E-state index contributed by atoms with van der Waals surface area (Å²) in [6.07, 6.45) is 0. The number of hydrogen-bond acceptors (Lipinski definition) is 5. The fourth-order valence-corrected chi connectivity index (χ4v) is 1.75. The third-order valence-corrected chi connectivity index (χ3v) is 2.50. The zero-order chi connectivity index (χ0) is 11.5. The van der Waals surface area contributed by atoms with Crippen LogP contribution in [-0.4, -0.2) is 29.8 Å². The number of benzene rings is 1. The van der Waals surface area contributed by atoms with E-state index >= 15 is 0 Å². The van der Waals surface area contributed by atoms with E-state index in [-0.39, 0.29) is 29.9 Å². The largest absolute Gasteiger partial charge is 0.508 e. The molecule has 0 radical (unpaired) electrons. The number of nitro benzene ring substituents is 1. The van der Waals surface area contributed by atoms with Crippen LogP contribution < -0.4 is 5.32 Å². The standard InChI is InChI=1S/C10H12N2O4.ClH/c13-7-1-2-10(12(14)15)8(5-7)9-6-16-4-3-11-9;/h1-2,5,9,11,13H,3-4,6H2;1H/t9-;/m1./s1. The minimum atomic E-state index is -0.453. The third-order valence-electron chi connectivity index (χ3n) is 2.50. The number of morpholine rings is 1. The van der Waals surface area contributed by atoms with Crippen molar-refractivity contribution in [3.63, 3.8) is 0 Å². The Morgan fingerprint density at radius 3 is 2.88 bits per heavy atom. The second kappa shape index (κ2) is 5.81. The van der Waals surface area contributed by atoms with Gasteiger partial charge in [0.25, 0.3) is 5.69 Å². The highest BCUT2D eigenvalue weighted by atomic mass is 35.5. The summed E-state index contributed by atoms with van der Waals surface area (Å²) in [5.74, 6) is 0.0213. The van der Waals surface area contributed by atoms with Crippen molar-refractivity contribution in [2.24, 2.45) is 0 Å². The summed E-state index contributed by atoms with van der Waals surface area (Å²) < 4.78 is 5.24. The van der Waals surface area contributed by atoms with E-state index in [0.29, 0.717) is 25.3 Å². The van der Waals surface area contributed by atoms with E-state index < -0.39 is 4.92 Å². The molecule has 1 aliphatic heterocycles. The van der Waals surface area contributed by atoms with Crippen LogP contribution in [0.15, 0.2) is 18.2 Å². The molecular weight excluding hydrogens is 248 g/mol. The van der Waals surface area contributed by atoms with Crippen molar-refractivity contribution in [1.82, 2.24) is 5.32 Å². The van der Waals surface area contributed by atoms with Crippen LogP contribution in [0.5, 0.6) is 5.75 Å². The SMILES string of the molecule is Cl.O=[N+]([O-])c1ccc(O)cc1[C@H]1COCCN1. The molecule has 1 aromatic rings. The minimum Gasteiger partial charge on any atom is -0.508 e. The molecule has 1 atom stereocenters. The highest BCUT2D eigenvalue weighted by Crippen LogP contribution is 2.29. The number of phenolic OH excluding ortho intramolecular Hbond substituents is 1. The summed E-state index contributed by atoms with van der Waals surface area (Å²) in [6.45, 7) is 1.63. The van der Waals surface area contributed by atoms with Gasteiger partial charge < -0.3 is 15.2 Å². The van der Waals surface area contributed by atoms with E-state index in [4.69, 9.17) is 4.74 Å². The average Bonchev–Trinajstić information content (AvgIpc) is 2.29. The lowest BCUT2D eigenvalue weighted by Crippen LogP contribution is -2.34. The molecule has 17 heavy (non-hydrogen) atoms. The van der Waals surface area contributed by atoms with Gasteiger partial charge in [-0.05, 0) is 12.1 Å². The Kier molecular flexibility index (Phi) is 4.68. The smallest absolute Gasteiger partial charge is 0.274 e. The molecule has 0 bridgehead atoms. The molecule has 2 N–H and O–H groups in total. The van der Waals surface area contributed by atoms with Gasteiger partial charge in [-0.1, -0.05) is 0 Å². The van der Waals surface area contributed by atoms with Gasteiger partial charge >= 0.3 is 0 Å². The van der Waals surface area contributed by atoms with Crippen LogP contribution in [0.3, 0.4) is 0 Å². The van der Waals surface area contributed by atoms with Gasteiger partial charge in [-0.15, -0.1) is 12.4 Å². The van der Waals surface area contributed by atoms with Crippen molar-refractivity contribution in [2.75, 3.05) is 19.8 Å². The molecular formula is C10H13ClN2O4. The number of nitrogens with one attached hydrogen (secondary N) is 1. The molecule has 6 nitrogen and oxygen atoms in total. The summed E-state index contributed by atoms with van der Waals surface area (Å²) in [5.41, 5.74) is 0.463. The van der Waals surface area contributed by atoms with Crippen molar-refractivity contribution in [3.8, 4) is 5.75 Å². The fourth-order valence-electron chi connectivity index (χ4n) is 1.75. The number of nitro groups is 1. The first-order valence-electron chi connectivity index (χ1n) is 4.97. The predicted octanol–water partition coefficient (Wildman–Crippen LogP) is 1.38. The highest BCUT2D eigenvalue weighted by Gasteiger charge is 2.24. The predicted molar refractivity (Wildman–Crippen MR) is 63.6 cm³/mol. The van der Waals surface area contributed by atoms with Crippen LogP contribution in [0.2, 0.25) is 0 Å². The number of phenols is 1. The maximum atomic E-state index is 10.8. The van der Waals surface area contributed by atoms with Gasteiger partial charge in [-0.25, -0.2) is 0 Å². The van der Waals surface area contributed by atoms with Crippen LogP contribution >= 0.6 is 12.4 Å². The first-order chi connectivity index (χ1) is 7.68. The van der Waals surface area contributed by atoms with Crippen molar-refractivity contribution in [1.29, 1.82) is 0 Å². The maximum Gasteiger partial charge on any atom is 0.274 e. The van der Waals surface area contributed by atoms with Gasteiger partial charge in [0.05, 0.1) is 29.7 Å². The van der Waals surface area contributed by atoms with Gasteiger partial charge in [0, 0.05) is 12.6 Å². The highest BCUT2D eigenvalue weighted by molar-refractivity contribution is 5.85. The maximum absolute atomic E-state index is 10.8. The van der Waals surface area contributed by atoms with Crippen molar-refractivity contribution in [2.45, 2.75) is 6.04 Å². The fraction of sp³-hybridized carbons (Fsp3) is 0.400. The number of aromatic hydroxyl groups is 1. The average molecular weight is 261 g/mol. The lowest BCUT2D eigenvalue weighted by atomic mass is 10.0. The second-order valence-electron chi connectivity index (χ2n) is 3.58. The normalized spacial score (nSPS) is 19.4. The lowest BCUT2D eigenvalue weighted by molar-refractivity contribution is -0.385. The Labute approximate surface area is 104 Å². The minimum absolute atomic E-state index is 0. The third kappa shape index (κ3) is 3.06. The Balaban J connectivity index is 0.00000144. The molecule has 0 spiro atoms. The zero-order valence-corrected chi connectivity index (χ0v) is 9.77. The number of hydrogen-bond donors (Lipinski definition) is 2. The van der Waals surface area contributed by atoms with E-state index in [1.807, 2.05) is 0 Å². The quantitative estimate of drug-likeness (QED) is 0.620. The lowest BCUT2D eigenvalue weighted by Gasteiger charge is -2.23. The Bertz CT molecular complexity index is 407. The van der Waals surface area contributed by atoms with E-state index in [1.165, 1.54) is 18.2 Å². The summed E-state index contributed by atoms with van der Waals surface area (Å²) in [5, 5.41) is 23.3. The summed E-state index contributed by atoms with van der Waals surface area (Å²) in [6, 6.07) is 3.79. The van der Waals surface area contributed by atoms with Gasteiger partial charge in [-0.2, -0.15) is 0 Å². The molecule has 1 aromatic carbocycles. The van der Waals surface area contributed by atoms with Crippen LogP contribution in [0, 0.1) is 10.1 Å². The van der Waals surface area contributed by atoms with Crippen LogP contribution in [-0.2, 0) is 4.74 Å². The molecule has 1 aliphatic rings. The number of ether oxygens (including phenoxy) is 1. The second-order valence-corrected chi connectivity index (χ2v) is 3.58. The zero-order valence-electron chi connectivity index (χ0n) is 8.96. The first kappa shape index (κ1) is 13.7. The van der Waals surface area contributed by atoms with Crippen LogP contribution in [0.25, 0.3) is 0 Å². The molecule has 1 saturated heterocycles. The Morgan fingerprint density at radius 2 is 2.29 bits per heavy atom. The molecule has 0 amide bonds. The van der Waals surface area contributed by atoms with Gasteiger partial charge in [0.1, 0.15) is 5.75 Å². The van der Waals surface area contributed by atoms with E-state index in [0.717, 1.165) is 0 Å². The molecule has 2 rings (SSSR count). The molecule has 0 unspecified atom stereocenters. The van der Waals surface area contributed by atoms with Crippen molar-refractivity contribution < 1.29 is 14.8 Å². The molecule has 1 fully saturated rings. The molecule has 1 heterocycles. The number of halogens is 1. The molecule has 0 aliphatic carbocycles. The molecule has 94 valence electrons. The Hall–Kier alpha value is -1.37. The summed E-state index contributed by atoms with van der Waals surface area (Å²) in [7, 11) is 0. The molecule has 7 heteroatoms. The van der Waals surface area contributed by atoms with E-state index in [2.05, 4.69) is 5.32 Å². The van der Waals surface area contributed by atoms with Crippen LogP contribution in [0.4, 0.5) is 5.69 Å². The molecule has 0 saturated carbocycles. The van der Waals surface area contributed by atoms with Gasteiger partial charge in [0.2, 0.25) is 0 Å². The van der Waals surface area contributed by atoms with E-state index in [1.54, 1.807) is 0 Å². The number of rotatable bonds is 2. The first-order valence-corrected chi connectivity index (χ1v) is 4.97. The summed E-state index contributed by atoms with van der Waals surface area (Å²) in [4.78, 5) is 10.4. The van der Waals surface area contributed by atoms with Gasteiger partial charge in [-0.3, -0.25) is 10.1 Å². The van der Waals surface area contributed by atoms with Gasteiger partial charge in [0.15, 0.2) is 0 Å². The van der Waals surface area contributed by atoms with E-state index in [9.17, 15) is 15.2 Å². The molecule has 0 aromatic heterocycles. The number of nitrogens with zero attached hydrogens (tertiary/aromatic N) is 1. The van der Waals surface area contributed by atoms with Crippen LogP contribution in [0.1, 0.15) is 11.6 Å². The topological polar surface area (TPSA) is 84.6 Å². The summed E-state index contributed by atoms with van der Waals surface area (Å²) >= 11 is 0. The van der Waals surface area contributed by atoms with Crippen molar-refractivity contribution in [3.05, 3.63) is 33.9 Å².